The molecule has 1 aliphatic carbocycles. The minimum absolute atomic E-state index is 0.0339. The molecule has 1 aromatic rings. The summed E-state index contributed by atoms with van der Waals surface area (Å²) in [5, 5.41) is 11.5. The highest BCUT2D eigenvalue weighted by Crippen LogP contribution is 2.39. The molecule has 1 aromatic carbocycles. The van der Waals surface area contributed by atoms with E-state index in [2.05, 4.69) is 52.9 Å². The van der Waals surface area contributed by atoms with E-state index in [1.807, 2.05) is 17.0 Å². The van der Waals surface area contributed by atoms with Crippen molar-refractivity contribution in [3.8, 4) is 0 Å². The van der Waals surface area contributed by atoms with Crippen molar-refractivity contribution in [2.24, 2.45) is 22.2 Å². The normalized spacial score (nSPS) is 20.7. The Balaban J connectivity index is 1.94. The molecule has 7 heteroatoms. The molecule has 3 rings (SSSR count). The second-order valence-corrected chi connectivity index (χ2v) is 13.0. The van der Waals surface area contributed by atoms with Crippen molar-refractivity contribution >= 4 is 23.5 Å². The Labute approximate surface area is 240 Å². The van der Waals surface area contributed by atoms with Gasteiger partial charge in [-0.05, 0) is 72.6 Å². The quantitative estimate of drug-likeness (QED) is 0.303. The first-order valence-electron chi connectivity index (χ1n) is 15.1. The number of carboxylic acids is 1. The number of aliphatic imine (C=N–C) groups is 1. The van der Waals surface area contributed by atoms with Crippen LogP contribution >= 0.6 is 0 Å². The number of fused-ring (bicyclic) bond motifs is 1. The lowest BCUT2D eigenvalue weighted by Crippen LogP contribution is -2.40. The van der Waals surface area contributed by atoms with Crippen LogP contribution in [0.4, 0.5) is 0 Å². The van der Waals surface area contributed by atoms with E-state index in [0.29, 0.717) is 36.1 Å². The zero-order valence-electron chi connectivity index (χ0n) is 25.3. The maximum Gasteiger partial charge on any atom is 0.305 e. The predicted molar refractivity (Wildman–Crippen MR) is 161 cm³/mol. The van der Waals surface area contributed by atoms with E-state index in [1.165, 1.54) is 5.57 Å². The molecule has 0 fully saturated rings. The van der Waals surface area contributed by atoms with Gasteiger partial charge in [0.05, 0.1) is 18.5 Å². The van der Waals surface area contributed by atoms with Gasteiger partial charge in [-0.2, -0.15) is 0 Å². The van der Waals surface area contributed by atoms with Gasteiger partial charge >= 0.3 is 5.97 Å². The lowest BCUT2D eigenvalue weighted by Gasteiger charge is -2.33. The molecule has 0 saturated carbocycles. The number of amides is 2. The predicted octanol–water partition coefficient (Wildman–Crippen LogP) is 6.59. The van der Waals surface area contributed by atoms with Gasteiger partial charge in [0.25, 0.3) is 11.8 Å². The Hall–Kier alpha value is -2.96. The van der Waals surface area contributed by atoms with Crippen LogP contribution in [0.3, 0.4) is 0 Å². The van der Waals surface area contributed by atoms with Crippen LogP contribution in [-0.4, -0.2) is 52.6 Å². The molecule has 3 atom stereocenters. The summed E-state index contributed by atoms with van der Waals surface area (Å²) < 4.78 is 0. The summed E-state index contributed by atoms with van der Waals surface area (Å²) in [7, 11) is 0. The van der Waals surface area contributed by atoms with E-state index in [0.717, 1.165) is 44.1 Å². The average molecular weight is 552 g/mol. The van der Waals surface area contributed by atoms with E-state index >= 15 is 0 Å². The third-order valence-electron chi connectivity index (χ3n) is 8.27. The van der Waals surface area contributed by atoms with E-state index in [4.69, 9.17) is 10.1 Å². The summed E-state index contributed by atoms with van der Waals surface area (Å²) in [5.74, 6) is -0.292. The molecule has 40 heavy (non-hydrogen) atoms. The van der Waals surface area contributed by atoms with Crippen molar-refractivity contribution in [1.82, 2.24) is 10.2 Å². The zero-order valence-corrected chi connectivity index (χ0v) is 25.3. The third-order valence-corrected chi connectivity index (χ3v) is 8.27. The number of aliphatic carboxylic acids is 1. The Morgan fingerprint density at radius 2 is 1.85 bits per heavy atom. The molecule has 2 N–H and O–H groups in total. The number of allylic oxidation sites excluding steroid dienone is 1. The topological polar surface area (TPSA) is 99.1 Å². The lowest BCUT2D eigenvalue weighted by atomic mass is 9.76. The highest BCUT2D eigenvalue weighted by atomic mass is 16.4. The molecule has 2 aliphatic rings. The second kappa shape index (κ2) is 14.1. The van der Waals surface area contributed by atoms with Gasteiger partial charge in [0.1, 0.15) is 5.71 Å². The van der Waals surface area contributed by atoms with E-state index in [-0.39, 0.29) is 42.3 Å². The van der Waals surface area contributed by atoms with Crippen LogP contribution in [0.1, 0.15) is 115 Å². The van der Waals surface area contributed by atoms with Gasteiger partial charge < -0.3 is 15.3 Å². The highest BCUT2D eigenvalue weighted by molar-refractivity contribution is 6.39. The Morgan fingerprint density at radius 3 is 2.45 bits per heavy atom. The number of nitrogens with zero attached hydrogens (tertiary/aromatic N) is 2. The fourth-order valence-corrected chi connectivity index (χ4v) is 5.79. The number of nitrogens with one attached hydrogen (secondary N) is 1. The molecule has 1 aliphatic heterocycles. The Bertz CT molecular complexity index is 1100. The van der Waals surface area contributed by atoms with Crippen LogP contribution in [0.5, 0.6) is 0 Å². The summed E-state index contributed by atoms with van der Waals surface area (Å²) >= 11 is 0. The van der Waals surface area contributed by atoms with Crippen LogP contribution in [0.2, 0.25) is 0 Å². The molecule has 2 unspecified atom stereocenters. The standard InChI is InChI=1S/C33H49N3O4/c1-7-8-9-29(23-10-12-24(13-11-23)31(39)34-19-18-30(37)38)36-21-25-14-15-26(33(4,5)6)16-17-27(25)35-28(32(36)40)20-22(2)3/h10-14,22,26-27,29H,7-9,15-21H2,1-6H3,(H,34,39)(H,37,38)/t26?,27?,29-/m1/s1. The molecule has 220 valence electrons. The summed E-state index contributed by atoms with van der Waals surface area (Å²) in [6.07, 6.45) is 8.85. The molecule has 0 saturated heterocycles. The third kappa shape index (κ3) is 8.52. The minimum atomic E-state index is -0.947. The number of unbranched alkanes of at least 4 members (excludes halogenated alkanes) is 1. The number of carboxylic acid groups (broad SMARTS) is 1. The first-order chi connectivity index (χ1) is 18.9. The number of rotatable bonds is 11. The summed E-state index contributed by atoms with van der Waals surface area (Å²) in [4.78, 5) is 44.6. The Morgan fingerprint density at radius 1 is 1.15 bits per heavy atom. The van der Waals surface area contributed by atoms with E-state index < -0.39 is 5.97 Å². The van der Waals surface area contributed by atoms with Crippen LogP contribution in [0.15, 0.2) is 40.9 Å². The SMILES string of the molecule is CCCC[C@H](c1ccc(C(=O)NCCC(=O)O)cc1)N1CC2=CCC(C(C)(C)C)CCC2N=C(CC(C)C)C1=O. The zero-order chi connectivity index (χ0) is 29.4. The van der Waals surface area contributed by atoms with Gasteiger partial charge in [-0.15, -0.1) is 0 Å². The average Bonchev–Trinajstić information content (AvgIpc) is 3.15. The molecular weight excluding hydrogens is 502 g/mol. The fourth-order valence-electron chi connectivity index (χ4n) is 5.79. The van der Waals surface area contributed by atoms with Crippen molar-refractivity contribution in [2.45, 2.75) is 105 Å². The maximum absolute atomic E-state index is 14.1. The van der Waals surface area contributed by atoms with Gasteiger partial charge in [0, 0.05) is 18.7 Å². The van der Waals surface area contributed by atoms with Crippen LogP contribution < -0.4 is 5.32 Å². The van der Waals surface area contributed by atoms with Crippen LogP contribution in [-0.2, 0) is 9.59 Å². The maximum atomic E-state index is 14.1. The van der Waals surface area contributed by atoms with Gasteiger partial charge in [-0.1, -0.05) is 72.6 Å². The Kier molecular flexibility index (Phi) is 11.1. The smallest absolute Gasteiger partial charge is 0.305 e. The fraction of sp³-hybridized carbons (Fsp3) is 0.636. The number of carbonyl (C=O) groups is 3. The lowest BCUT2D eigenvalue weighted by molar-refractivity contribution is -0.136. The van der Waals surface area contributed by atoms with Gasteiger partial charge in [0.2, 0.25) is 0 Å². The number of benzene rings is 1. The molecule has 1 heterocycles. The largest absolute Gasteiger partial charge is 0.481 e. The van der Waals surface area contributed by atoms with Crippen molar-refractivity contribution in [3.05, 3.63) is 47.0 Å². The highest BCUT2D eigenvalue weighted by Gasteiger charge is 2.36. The molecule has 0 radical (unpaired) electrons. The van der Waals surface area contributed by atoms with Crippen LogP contribution in [0.25, 0.3) is 0 Å². The summed E-state index contributed by atoms with van der Waals surface area (Å²) in [6.45, 7) is 14.1. The van der Waals surface area contributed by atoms with Gasteiger partial charge in [-0.3, -0.25) is 19.4 Å². The first kappa shape index (κ1) is 31.6. The minimum Gasteiger partial charge on any atom is -0.481 e. The molecule has 7 nitrogen and oxygen atoms in total. The number of hydrogen-bond donors (Lipinski definition) is 2. The van der Waals surface area contributed by atoms with Crippen molar-refractivity contribution in [1.29, 1.82) is 0 Å². The van der Waals surface area contributed by atoms with Crippen molar-refractivity contribution < 1.29 is 19.5 Å². The second-order valence-electron chi connectivity index (χ2n) is 13.0. The first-order valence-corrected chi connectivity index (χ1v) is 15.1. The van der Waals surface area contributed by atoms with Gasteiger partial charge in [-0.25, -0.2) is 0 Å². The van der Waals surface area contributed by atoms with Crippen molar-refractivity contribution in [3.63, 3.8) is 0 Å². The monoisotopic (exact) mass is 551 g/mol. The van der Waals surface area contributed by atoms with Gasteiger partial charge in [0.15, 0.2) is 0 Å². The molecular formula is C33H49N3O4. The summed E-state index contributed by atoms with van der Waals surface area (Å²) in [6, 6.07) is 7.38. The van der Waals surface area contributed by atoms with Crippen molar-refractivity contribution in [2.75, 3.05) is 13.1 Å². The molecule has 0 aromatic heterocycles. The van der Waals surface area contributed by atoms with E-state index in [1.54, 1.807) is 12.1 Å². The van der Waals surface area contributed by atoms with E-state index in [9.17, 15) is 14.4 Å². The molecule has 0 bridgehead atoms. The molecule has 0 spiro atoms. The molecule has 2 amide bonds. The van der Waals surface area contributed by atoms with Crippen LogP contribution in [0, 0.1) is 17.3 Å². The number of hydrogen-bond acceptors (Lipinski definition) is 4. The summed E-state index contributed by atoms with van der Waals surface area (Å²) in [5.41, 5.74) is 3.66. The number of carbonyl (C=O) groups excluding carboxylic acids is 2.